The van der Waals surface area contributed by atoms with Crippen molar-refractivity contribution in [3.63, 3.8) is 0 Å². The average molecular weight is 267 g/mol. The Morgan fingerprint density at radius 3 is 2.26 bits per heavy atom. The summed E-state index contributed by atoms with van der Waals surface area (Å²) >= 11 is 0. The largest absolute Gasteiger partial charge is 0.490 e. The first kappa shape index (κ1) is 15.1. The lowest BCUT2D eigenvalue weighted by Gasteiger charge is -2.24. The van der Waals surface area contributed by atoms with Crippen LogP contribution in [0.1, 0.15) is 27.7 Å². The van der Waals surface area contributed by atoms with E-state index in [-0.39, 0.29) is 6.04 Å². The van der Waals surface area contributed by atoms with E-state index < -0.39 is 6.09 Å². The molecule has 0 aliphatic carbocycles. The quantitative estimate of drug-likeness (QED) is 0.858. The van der Waals surface area contributed by atoms with Crippen LogP contribution in [0.25, 0.3) is 0 Å². The van der Waals surface area contributed by atoms with Gasteiger partial charge in [0.25, 0.3) is 0 Å². The summed E-state index contributed by atoms with van der Waals surface area (Å²) in [6, 6.07) is 5.01. The van der Waals surface area contributed by atoms with Gasteiger partial charge in [0, 0.05) is 12.1 Å². The number of amides is 1. The zero-order valence-electron chi connectivity index (χ0n) is 11.8. The molecule has 1 aromatic rings. The van der Waals surface area contributed by atoms with Crippen LogP contribution in [-0.4, -0.2) is 30.5 Å². The predicted octanol–water partition coefficient (Wildman–Crippen LogP) is 3.38. The lowest BCUT2D eigenvalue weighted by atomic mass is 10.2. The van der Waals surface area contributed by atoms with Crippen molar-refractivity contribution in [2.24, 2.45) is 0 Å². The summed E-state index contributed by atoms with van der Waals surface area (Å²) in [6.07, 6.45) is -0.985. The minimum atomic E-state index is -0.985. The van der Waals surface area contributed by atoms with Gasteiger partial charge < -0.3 is 14.6 Å². The van der Waals surface area contributed by atoms with Crippen molar-refractivity contribution in [1.82, 2.24) is 0 Å². The highest BCUT2D eigenvalue weighted by molar-refractivity contribution is 5.87. The number of benzene rings is 1. The second-order valence-electron chi connectivity index (χ2n) is 4.24. The fourth-order valence-corrected chi connectivity index (χ4v) is 1.82. The van der Waals surface area contributed by atoms with E-state index in [9.17, 15) is 9.90 Å². The summed E-state index contributed by atoms with van der Waals surface area (Å²) in [5, 5.41) is 9.24. The second kappa shape index (κ2) is 6.87. The number of hydrogen-bond acceptors (Lipinski definition) is 3. The summed E-state index contributed by atoms with van der Waals surface area (Å²) < 4.78 is 10.9. The summed E-state index contributed by atoms with van der Waals surface area (Å²) in [4.78, 5) is 12.6. The van der Waals surface area contributed by atoms with Crippen molar-refractivity contribution < 1.29 is 19.4 Å². The predicted molar refractivity (Wildman–Crippen MR) is 74.4 cm³/mol. The normalized spacial score (nSPS) is 10.4. The Kier molecular flexibility index (Phi) is 5.48. The molecule has 0 radical (unpaired) electrons. The van der Waals surface area contributed by atoms with Crippen molar-refractivity contribution in [2.45, 2.75) is 33.7 Å². The van der Waals surface area contributed by atoms with Crippen LogP contribution in [0.4, 0.5) is 10.5 Å². The summed E-state index contributed by atoms with van der Waals surface area (Å²) in [5.41, 5.74) is 0.578. The first-order valence-corrected chi connectivity index (χ1v) is 6.43. The topological polar surface area (TPSA) is 59.0 Å². The van der Waals surface area contributed by atoms with E-state index in [2.05, 4.69) is 0 Å². The lowest BCUT2D eigenvalue weighted by Crippen LogP contribution is -2.35. The van der Waals surface area contributed by atoms with E-state index in [1.165, 1.54) is 4.90 Å². The van der Waals surface area contributed by atoms with Gasteiger partial charge in [-0.2, -0.15) is 0 Å². The monoisotopic (exact) mass is 267 g/mol. The fourth-order valence-electron chi connectivity index (χ4n) is 1.82. The summed E-state index contributed by atoms with van der Waals surface area (Å²) in [5.74, 6) is 1.19. The van der Waals surface area contributed by atoms with E-state index in [1.807, 2.05) is 27.7 Å². The molecule has 0 spiro atoms. The molecule has 1 rings (SSSR count). The first-order valence-electron chi connectivity index (χ1n) is 6.43. The van der Waals surface area contributed by atoms with Crippen molar-refractivity contribution in [2.75, 3.05) is 18.1 Å². The van der Waals surface area contributed by atoms with Gasteiger partial charge in [0.15, 0.2) is 11.5 Å². The van der Waals surface area contributed by atoms with Crippen LogP contribution in [0.3, 0.4) is 0 Å². The number of carbonyl (C=O) groups is 1. The smallest absolute Gasteiger partial charge is 0.412 e. The molecule has 0 atom stereocenters. The molecule has 106 valence electrons. The molecule has 0 saturated carbocycles. The molecule has 0 saturated heterocycles. The Bertz CT molecular complexity index is 431. The van der Waals surface area contributed by atoms with E-state index in [0.29, 0.717) is 30.4 Å². The highest BCUT2D eigenvalue weighted by atomic mass is 16.5. The van der Waals surface area contributed by atoms with Gasteiger partial charge in [-0.15, -0.1) is 0 Å². The maximum absolute atomic E-state index is 11.3. The molecule has 0 aliphatic rings. The molecular formula is C14H21NO4. The van der Waals surface area contributed by atoms with Crippen molar-refractivity contribution in [3.8, 4) is 11.5 Å². The van der Waals surface area contributed by atoms with Gasteiger partial charge in [-0.05, 0) is 39.8 Å². The average Bonchev–Trinajstić information content (AvgIpc) is 2.32. The van der Waals surface area contributed by atoms with Crippen LogP contribution >= 0.6 is 0 Å². The lowest BCUT2D eigenvalue weighted by molar-refractivity contribution is 0.200. The van der Waals surface area contributed by atoms with Crippen LogP contribution < -0.4 is 14.4 Å². The molecule has 0 fully saturated rings. The van der Waals surface area contributed by atoms with Crippen LogP contribution in [-0.2, 0) is 0 Å². The van der Waals surface area contributed by atoms with Gasteiger partial charge in [-0.3, -0.25) is 4.90 Å². The zero-order chi connectivity index (χ0) is 14.4. The molecule has 1 amide bonds. The van der Waals surface area contributed by atoms with Gasteiger partial charge in [0.1, 0.15) is 0 Å². The van der Waals surface area contributed by atoms with Crippen LogP contribution in [0.15, 0.2) is 18.2 Å². The number of rotatable bonds is 6. The van der Waals surface area contributed by atoms with Gasteiger partial charge in [0.05, 0.1) is 18.9 Å². The minimum Gasteiger partial charge on any atom is -0.490 e. The standard InChI is InChI=1S/C14H21NO4/c1-5-18-12-8-7-11(9-13(12)19-6-2)15(10(3)4)14(16)17/h7-10H,5-6H2,1-4H3,(H,16,17). The Labute approximate surface area is 113 Å². The third-order valence-corrected chi connectivity index (χ3v) is 2.53. The number of hydrogen-bond donors (Lipinski definition) is 1. The number of anilines is 1. The SMILES string of the molecule is CCOc1ccc(N(C(=O)O)C(C)C)cc1OCC. The molecule has 0 aliphatic heterocycles. The fraction of sp³-hybridized carbons (Fsp3) is 0.500. The molecule has 5 heteroatoms. The van der Waals surface area contributed by atoms with Crippen LogP contribution in [0.5, 0.6) is 11.5 Å². The zero-order valence-corrected chi connectivity index (χ0v) is 11.8. The van der Waals surface area contributed by atoms with E-state index in [0.717, 1.165) is 0 Å². The Balaban J connectivity index is 3.15. The highest BCUT2D eigenvalue weighted by Gasteiger charge is 2.19. The number of ether oxygens (including phenoxy) is 2. The number of carboxylic acid groups (broad SMARTS) is 1. The second-order valence-corrected chi connectivity index (χ2v) is 4.24. The van der Waals surface area contributed by atoms with Crippen LogP contribution in [0, 0.1) is 0 Å². The Hall–Kier alpha value is -1.91. The van der Waals surface area contributed by atoms with Gasteiger partial charge in [0.2, 0.25) is 0 Å². The van der Waals surface area contributed by atoms with E-state index in [4.69, 9.17) is 9.47 Å². The van der Waals surface area contributed by atoms with Gasteiger partial charge in [-0.25, -0.2) is 4.79 Å². The molecular weight excluding hydrogens is 246 g/mol. The molecule has 19 heavy (non-hydrogen) atoms. The molecule has 0 aromatic heterocycles. The number of nitrogens with zero attached hydrogens (tertiary/aromatic N) is 1. The molecule has 0 heterocycles. The summed E-state index contributed by atoms with van der Waals surface area (Å²) in [7, 11) is 0. The highest BCUT2D eigenvalue weighted by Crippen LogP contribution is 2.32. The molecule has 1 aromatic carbocycles. The van der Waals surface area contributed by atoms with E-state index >= 15 is 0 Å². The maximum atomic E-state index is 11.3. The maximum Gasteiger partial charge on any atom is 0.412 e. The Morgan fingerprint density at radius 1 is 1.21 bits per heavy atom. The third-order valence-electron chi connectivity index (χ3n) is 2.53. The summed E-state index contributed by atoms with van der Waals surface area (Å²) in [6.45, 7) is 8.45. The van der Waals surface area contributed by atoms with Crippen molar-refractivity contribution >= 4 is 11.8 Å². The third kappa shape index (κ3) is 3.77. The molecule has 0 bridgehead atoms. The van der Waals surface area contributed by atoms with E-state index in [1.54, 1.807) is 18.2 Å². The molecule has 1 N–H and O–H groups in total. The molecule has 5 nitrogen and oxygen atoms in total. The Morgan fingerprint density at radius 2 is 1.79 bits per heavy atom. The molecule has 0 unspecified atom stereocenters. The van der Waals surface area contributed by atoms with Gasteiger partial charge >= 0.3 is 6.09 Å². The van der Waals surface area contributed by atoms with Gasteiger partial charge in [-0.1, -0.05) is 0 Å². The van der Waals surface area contributed by atoms with Crippen molar-refractivity contribution in [1.29, 1.82) is 0 Å². The van der Waals surface area contributed by atoms with Crippen LogP contribution in [0.2, 0.25) is 0 Å². The van der Waals surface area contributed by atoms with Crippen molar-refractivity contribution in [3.05, 3.63) is 18.2 Å². The minimum absolute atomic E-state index is 0.148. The first-order chi connectivity index (χ1) is 9.01.